The molecule has 0 saturated heterocycles. The molecule has 0 fully saturated rings. The molecule has 0 atom stereocenters. The molecule has 3 heteroatoms. The van der Waals surface area contributed by atoms with Crippen molar-refractivity contribution in [2.24, 2.45) is 0 Å². The molecule has 1 N–H and O–H groups in total. The summed E-state index contributed by atoms with van der Waals surface area (Å²) in [5, 5.41) is 3.38. The van der Waals surface area contributed by atoms with Crippen molar-refractivity contribution >= 4 is 32.7 Å². The molecule has 3 nitrogen and oxygen atoms in total. The summed E-state index contributed by atoms with van der Waals surface area (Å²) in [6.07, 6.45) is 2.06. The van der Waals surface area contributed by atoms with Crippen molar-refractivity contribution in [1.29, 1.82) is 0 Å². The lowest BCUT2D eigenvalue weighted by Gasteiger charge is -2.09. The van der Waals surface area contributed by atoms with Crippen LogP contribution >= 0.6 is 0 Å². The molecule has 0 aliphatic heterocycles. The van der Waals surface area contributed by atoms with Gasteiger partial charge in [0.2, 0.25) is 0 Å². The summed E-state index contributed by atoms with van der Waals surface area (Å²) in [6.45, 7) is 0. The number of hydrogen-bond acceptors (Lipinski definition) is 2. The van der Waals surface area contributed by atoms with Gasteiger partial charge in [0.05, 0.1) is 22.4 Å². The van der Waals surface area contributed by atoms with Gasteiger partial charge in [0.15, 0.2) is 0 Å². The van der Waals surface area contributed by atoms with Crippen LogP contribution in [-0.4, -0.2) is 15.0 Å². The lowest BCUT2D eigenvalue weighted by molar-refractivity contribution is 1.31. The van der Waals surface area contributed by atoms with Crippen LogP contribution in [0.5, 0.6) is 0 Å². The zero-order valence-electron chi connectivity index (χ0n) is 15.6. The molecule has 3 heterocycles. The van der Waals surface area contributed by atoms with E-state index in [1.807, 2.05) is 48.5 Å². The molecular weight excluding hydrogens is 354 g/mol. The van der Waals surface area contributed by atoms with Crippen LogP contribution in [0.4, 0.5) is 0 Å². The Morgan fingerprint density at radius 2 is 1.41 bits per heavy atom. The molecule has 3 aromatic heterocycles. The SMILES string of the molecule is [c]1c(-c2ccc3ccccc3n2)nc2ccccc2c1-c1c[nH]c2ccccc12. The van der Waals surface area contributed by atoms with Crippen LogP contribution in [0.25, 0.3) is 55.2 Å². The summed E-state index contributed by atoms with van der Waals surface area (Å²) in [5.41, 5.74) is 6.77. The highest BCUT2D eigenvalue weighted by molar-refractivity contribution is 6.04. The molecule has 135 valence electrons. The molecule has 0 unspecified atom stereocenters. The van der Waals surface area contributed by atoms with Gasteiger partial charge in [-0.25, -0.2) is 9.97 Å². The fourth-order valence-electron chi connectivity index (χ4n) is 3.93. The van der Waals surface area contributed by atoms with Crippen LogP contribution < -0.4 is 0 Å². The molecule has 0 saturated carbocycles. The topological polar surface area (TPSA) is 41.6 Å². The number of benzene rings is 3. The van der Waals surface area contributed by atoms with Crippen molar-refractivity contribution in [2.75, 3.05) is 0 Å². The lowest BCUT2D eigenvalue weighted by Crippen LogP contribution is -1.92. The summed E-state index contributed by atoms with van der Waals surface area (Å²) >= 11 is 0. The van der Waals surface area contributed by atoms with Crippen LogP contribution in [0.3, 0.4) is 0 Å². The van der Waals surface area contributed by atoms with E-state index in [1.54, 1.807) is 0 Å². The summed E-state index contributed by atoms with van der Waals surface area (Å²) < 4.78 is 0. The summed E-state index contributed by atoms with van der Waals surface area (Å²) in [4.78, 5) is 13.1. The maximum Gasteiger partial charge on any atom is 0.0979 e. The Morgan fingerprint density at radius 3 is 2.34 bits per heavy atom. The maximum absolute atomic E-state index is 4.87. The van der Waals surface area contributed by atoms with Crippen LogP contribution in [-0.2, 0) is 0 Å². The summed E-state index contributed by atoms with van der Waals surface area (Å²) in [6, 6.07) is 32.4. The monoisotopic (exact) mass is 370 g/mol. The Kier molecular flexibility index (Phi) is 3.47. The highest BCUT2D eigenvalue weighted by Gasteiger charge is 2.14. The van der Waals surface area contributed by atoms with Crippen molar-refractivity contribution < 1.29 is 0 Å². The molecular formula is C26H16N3. The first-order chi connectivity index (χ1) is 14.4. The molecule has 6 aromatic rings. The predicted octanol–water partition coefficient (Wildman–Crippen LogP) is 6.40. The van der Waals surface area contributed by atoms with E-state index in [9.17, 15) is 0 Å². The fraction of sp³-hybridized carbons (Fsp3) is 0. The van der Waals surface area contributed by atoms with E-state index in [0.29, 0.717) is 0 Å². The highest BCUT2D eigenvalue weighted by Crippen LogP contribution is 2.35. The second-order valence-corrected chi connectivity index (χ2v) is 7.11. The van der Waals surface area contributed by atoms with Gasteiger partial charge in [0.1, 0.15) is 0 Å². The molecule has 29 heavy (non-hydrogen) atoms. The number of nitrogens with one attached hydrogen (secondary N) is 1. The first kappa shape index (κ1) is 16.0. The molecule has 1 radical (unpaired) electrons. The van der Waals surface area contributed by atoms with E-state index in [2.05, 4.69) is 53.6 Å². The molecule has 0 aliphatic rings. The summed E-state index contributed by atoms with van der Waals surface area (Å²) in [7, 11) is 0. The number of pyridine rings is 2. The van der Waals surface area contributed by atoms with E-state index < -0.39 is 0 Å². The standard InChI is InChI=1S/C26H16N3/c1-4-10-22-17(7-1)13-14-25(28-22)26-15-20(18-8-3-6-12-24(18)29-26)21-16-27-23-11-5-2-9-19(21)23/h1-14,16,27H. The highest BCUT2D eigenvalue weighted by atomic mass is 14.8. The van der Waals surface area contributed by atoms with Crippen LogP contribution in [0.15, 0.2) is 91.1 Å². The molecule has 0 aliphatic carbocycles. The Morgan fingerprint density at radius 1 is 0.655 bits per heavy atom. The van der Waals surface area contributed by atoms with Gasteiger partial charge in [0, 0.05) is 45.1 Å². The minimum atomic E-state index is 0.759. The van der Waals surface area contributed by atoms with Gasteiger partial charge in [-0.2, -0.15) is 0 Å². The minimum Gasteiger partial charge on any atom is -0.361 e. The molecule has 0 spiro atoms. The molecule has 3 aromatic carbocycles. The van der Waals surface area contributed by atoms with E-state index in [-0.39, 0.29) is 0 Å². The number of nitrogens with zero attached hydrogens (tertiary/aromatic N) is 2. The van der Waals surface area contributed by atoms with E-state index in [1.165, 1.54) is 5.39 Å². The van der Waals surface area contributed by atoms with E-state index >= 15 is 0 Å². The van der Waals surface area contributed by atoms with Gasteiger partial charge in [-0.1, -0.05) is 60.7 Å². The van der Waals surface area contributed by atoms with Gasteiger partial charge >= 0.3 is 0 Å². The van der Waals surface area contributed by atoms with Crippen molar-refractivity contribution in [3.8, 4) is 22.5 Å². The average Bonchev–Trinajstić information content (AvgIpc) is 3.22. The number of H-pyrrole nitrogens is 1. The third-order valence-electron chi connectivity index (χ3n) is 5.35. The van der Waals surface area contributed by atoms with Crippen LogP contribution in [0.1, 0.15) is 0 Å². The van der Waals surface area contributed by atoms with Crippen LogP contribution in [0.2, 0.25) is 0 Å². The number of fused-ring (bicyclic) bond motifs is 3. The third-order valence-corrected chi connectivity index (χ3v) is 5.35. The molecule has 0 bridgehead atoms. The van der Waals surface area contributed by atoms with Crippen molar-refractivity contribution in [3.05, 3.63) is 97.2 Å². The van der Waals surface area contributed by atoms with Gasteiger partial charge in [-0.3, -0.25) is 0 Å². The number of aromatic nitrogens is 3. The van der Waals surface area contributed by atoms with Gasteiger partial charge in [0.25, 0.3) is 0 Å². The van der Waals surface area contributed by atoms with Crippen molar-refractivity contribution in [2.45, 2.75) is 0 Å². The van der Waals surface area contributed by atoms with Crippen LogP contribution in [0, 0.1) is 6.07 Å². The Bertz CT molecular complexity index is 1510. The second kappa shape index (κ2) is 6.28. The first-order valence-electron chi connectivity index (χ1n) is 9.61. The Labute approximate surface area is 167 Å². The minimum absolute atomic E-state index is 0.759. The quantitative estimate of drug-likeness (QED) is 0.383. The fourth-order valence-corrected chi connectivity index (χ4v) is 3.93. The normalized spacial score (nSPS) is 11.4. The largest absolute Gasteiger partial charge is 0.361 e. The third kappa shape index (κ3) is 2.59. The zero-order valence-corrected chi connectivity index (χ0v) is 15.6. The predicted molar refractivity (Wildman–Crippen MR) is 119 cm³/mol. The molecule has 6 rings (SSSR count). The van der Waals surface area contributed by atoms with E-state index in [4.69, 9.17) is 9.97 Å². The molecule has 0 amide bonds. The number of hydrogen-bond donors (Lipinski definition) is 1. The average molecular weight is 370 g/mol. The smallest absolute Gasteiger partial charge is 0.0979 e. The number of aromatic amines is 1. The first-order valence-corrected chi connectivity index (χ1v) is 9.61. The maximum atomic E-state index is 4.87. The van der Waals surface area contributed by atoms with Crippen molar-refractivity contribution in [3.63, 3.8) is 0 Å². The zero-order chi connectivity index (χ0) is 19.2. The van der Waals surface area contributed by atoms with Gasteiger partial charge in [-0.15, -0.1) is 0 Å². The number of rotatable bonds is 2. The van der Waals surface area contributed by atoms with Crippen molar-refractivity contribution in [1.82, 2.24) is 15.0 Å². The van der Waals surface area contributed by atoms with E-state index in [0.717, 1.165) is 49.8 Å². The summed E-state index contributed by atoms with van der Waals surface area (Å²) in [5.74, 6) is 0. The lowest BCUT2D eigenvalue weighted by atomic mass is 9.99. The van der Waals surface area contributed by atoms with Gasteiger partial charge in [-0.05, 0) is 24.3 Å². The Balaban J connectivity index is 1.64. The second-order valence-electron chi connectivity index (χ2n) is 7.11. The van der Waals surface area contributed by atoms with Gasteiger partial charge < -0.3 is 4.98 Å². The Hall–Kier alpha value is -3.98. The number of para-hydroxylation sites is 3.